The summed E-state index contributed by atoms with van der Waals surface area (Å²) in [5.41, 5.74) is 3.48. The molecule has 0 aromatic carbocycles. The topological polar surface area (TPSA) is 3.24 Å². The molecular weight excluding hydrogens is 302 g/mol. The van der Waals surface area contributed by atoms with Gasteiger partial charge in [-0.3, -0.25) is 4.90 Å². The van der Waals surface area contributed by atoms with Crippen LogP contribution in [0, 0.1) is 5.41 Å². The van der Waals surface area contributed by atoms with Crippen LogP contribution in [-0.2, 0) is 0 Å². The molecule has 0 N–H and O–H groups in total. The van der Waals surface area contributed by atoms with Gasteiger partial charge in [-0.25, -0.2) is 0 Å². The Kier molecular flexibility index (Phi) is 10.8. The molecule has 25 heavy (non-hydrogen) atoms. The standard InChI is InChI=1S/C24H41N/c1-6-9-14-22(8-3)20-25(21-23-15-12-11-13-16-23)19-18-24(4,5)17-10-7-2/h8-9,11-12,14-15H,6-7,10,13,16-21H2,1-5H3/b14-9-,22-8+. The lowest BCUT2D eigenvalue weighted by Gasteiger charge is -2.30. The van der Waals surface area contributed by atoms with Crippen molar-refractivity contribution in [3.63, 3.8) is 0 Å². The molecule has 0 bridgehead atoms. The van der Waals surface area contributed by atoms with Crippen LogP contribution in [0.25, 0.3) is 0 Å². The lowest BCUT2D eigenvalue weighted by atomic mass is 9.83. The minimum absolute atomic E-state index is 0.449. The molecule has 0 saturated heterocycles. The fourth-order valence-corrected chi connectivity index (χ4v) is 3.29. The van der Waals surface area contributed by atoms with Crippen LogP contribution >= 0.6 is 0 Å². The molecule has 1 aliphatic carbocycles. The Labute approximate surface area is 157 Å². The van der Waals surface area contributed by atoms with Gasteiger partial charge in [0.05, 0.1) is 0 Å². The summed E-state index contributed by atoms with van der Waals surface area (Å²) in [6.45, 7) is 14.9. The molecule has 0 saturated carbocycles. The summed E-state index contributed by atoms with van der Waals surface area (Å²) in [7, 11) is 0. The maximum Gasteiger partial charge on any atom is 0.0233 e. The van der Waals surface area contributed by atoms with Crippen LogP contribution in [0.15, 0.2) is 47.6 Å². The Morgan fingerprint density at radius 2 is 2.04 bits per heavy atom. The maximum atomic E-state index is 2.66. The van der Waals surface area contributed by atoms with Gasteiger partial charge in [-0.15, -0.1) is 0 Å². The van der Waals surface area contributed by atoms with Crippen molar-refractivity contribution in [3.8, 4) is 0 Å². The van der Waals surface area contributed by atoms with E-state index in [1.807, 2.05) is 0 Å². The van der Waals surface area contributed by atoms with Gasteiger partial charge in [0, 0.05) is 13.1 Å². The smallest absolute Gasteiger partial charge is 0.0233 e. The van der Waals surface area contributed by atoms with Crippen molar-refractivity contribution in [2.75, 3.05) is 19.6 Å². The summed E-state index contributed by atoms with van der Waals surface area (Å²) in [4.78, 5) is 2.66. The maximum absolute atomic E-state index is 2.66. The van der Waals surface area contributed by atoms with Crippen molar-refractivity contribution < 1.29 is 0 Å². The molecular formula is C24H41N. The van der Waals surface area contributed by atoms with Crippen LogP contribution in [0.1, 0.15) is 79.6 Å². The monoisotopic (exact) mass is 343 g/mol. The molecule has 0 heterocycles. The zero-order valence-corrected chi connectivity index (χ0v) is 17.5. The van der Waals surface area contributed by atoms with Crippen molar-refractivity contribution in [2.45, 2.75) is 79.6 Å². The van der Waals surface area contributed by atoms with E-state index in [0.717, 1.165) is 19.5 Å². The summed E-state index contributed by atoms with van der Waals surface area (Å²) >= 11 is 0. The molecule has 0 unspecified atom stereocenters. The van der Waals surface area contributed by atoms with Crippen molar-refractivity contribution in [1.29, 1.82) is 0 Å². The Morgan fingerprint density at radius 3 is 2.64 bits per heavy atom. The van der Waals surface area contributed by atoms with Crippen molar-refractivity contribution >= 4 is 0 Å². The second-order valence-electron chi connectivity index (χ2n) is 8.19. The molecule has 1 rings (SSSR count). The normalized spacial score (nSPS) is 16.1. The van der Waals surface area contributed by atoms with Crippen LogP contribution in [0.4, 0.5) is 0 Å². The molecule has 0 atom stereocenters. The Bertz CT molecular complexity index is 476. The van der Waals surface area contributed by atoms with Gasteiger partial charge in [0.15, 0.2) is 0 Å². The second-order valence-corrected chi connectivity index (χ2v) is 8.19. The van der Waals surface area contributed by atoms with E-state index in [9.17, 15) is 0 Å². The number of hydrogen-bond acceptors (Lipinski definition) is 1. The van der Waals surface area contributed by atoms with Gasteiger partial charge < -0.3 is 0 Å². The number of allylic oxidation sites excluding steroid dienone is 5. The molecule has 142 valence electrons. The van der Waals surface area contributed by atoms with Gasteiger partial charge in [0.1, 0.15) is 0 Å². The highest BCUT2D eigenvalue weighted by molar-refractivity contribution is 5.22. The van der Waals surface area contributed by atoms with Crippen molar-refractivity contribution in [1.82, 2.24) is 4.90 Å². The summed E-state index contributed by atoms with van der Waals surface area (Å²) < 4.78 is 0. The molecule has 0 aliphatic heterocycles. The zero-order chi connectivity index (χ0) is 18.5. The first kappa shape index (κ1) is 22.0. The van der Waals surface area contributed by atoms with E-state index < -0.39 is 0 Å². The van der Waals surface area contributed by atoms with E-state index in [-0.39, 0.29) is 0 Å². The van der Waals surface area contributed by atoms with Gasteiger partial charge in [-0.05, 0) is 56.6 Å². The second kappa shape index (κ2) is 12.3. The quantitative estimate of drug-likeness (QED) is 0.342. The summed E-state index contributed by atoms with van der Waals surface area (Å²) in [6, 6.07) is 0. The van der Waals surface area contributed by atoms with E-state index in [0.29, 0.717) is 5.41 Å². The third kappa shape index (κ3) is 9.84. The Hall–Kier alpha value is -1.08. The van der Waals surface area contributed by atoms with Crippen LogP contribution in [0.2, 0.25) is 0 Å². The molecule has 1 nitrogen and oxygen atoms in total. The average molecular weight is 344 g/mol. The average Bonchev–Trinajstić information content (AvgIpc) is 2.62. The molecule has 0 spiro atoms. The first-order chi connectivity index (χ1) is 12.0. The Morgan fingerprint density at radius 1 is 1.24 bits per heavy atom. The lowest BCUT2D eigenvalue weighted by molar-refractivity contribution is 0.226. The summed E-state index contributed by atoms with van der Waals surface area (Å²) in [6.07, 6.45) is 22.5. The largest absolute Gasteiger partial charge is 0.295 e. The van der Waals surface area contributed by atoms with Crippen molar-refractivity contribution in [2.24, 2.45) is 5.41 Å². The number of nitrogens with zero attached hydrogens (tertiary/aromatic N) is 1. The predicted molar refractivity (Wildman–Crippen MR) is 114 cm³/mol. The summed E-state index contributed by atoms with van der Waals surface area (Å²) in [5, 5.41) is 0. The van der Waals surface area contributed by atoms with E-state index in [1.54, 1.807) is 5.57 Å². The third-order valence-electron chi connectivity index (χ3n) is 5.18. The zero-order valence-electron chi connectivity index (χ0n) is 17.5. The molecule has 1 heteroatoms. The highest BCUT2D eigenvalue weighted by Gasteiger charge is 2.19. The molecule has 1 aliphatic rings. The first-order valence-corrected chi connectivity index (χ1v) is 10.4. The lowest BCUT2D eigenvalue weighted by Crippen LogP contribution is -2.32. The van der Waals surface area contributed by atoms with E-state index in [4.69, 9.17) is 0 Å². The number of rotatable bonds is 12. The van der Waals surface area contributed by atoms with Crippen LogP contribution in [0.5, 0.6) is 0 Å². The van der Waals surface area contributed by atoms with Gasteiger partial charge in [-0.1, -0.05) is 82.6 Å². The number of hydrogen-bond donors (Lipinski definition) is 0. The predicted octanol–water partition coefficient (Wildman–Crippen LogP) is 7.08. The fourth-order valence-electron chi connectivity index (χ4n) is 3.29. The third-order valence-corrected chi connectivity index (χ3v) is 5.18. The van der Waals surface area contributed by atoms with Gasteiger partial charge >= 0.3 is 0 Å². The number of unbranched alkanes of at least 4 members (excludes halogenated alkanes) is 1. The highest BCUT2D eigenvalue weighted by Crippen LogP contribution is 2.28. The minimum atomic E-state index is 0.449. The van der Waals surface area contributed by atoms with E-state index in [2.05, 4.69) is 76.0 Å². The molecule has 0 aromatic rings. The minimum Gasteiger partial charge on any atom is -0.295 e. The van der Waals surface area contributed by atoms with Crippen LogP contribution in [-0.4, -0.2) is 24.5 Å². The SMILES string of the molecule is C/C=C(\C=C/CC)CN(CCC(C)(C)CCCC)CC1=CC=CCC1. The highest BCUT2D eigenvalue weighted by atomic mass is 15.1. The van der Waals surface area contributed by atoms with Crippen molar-refractivity contribution in [3.05, 3.63) is 47.6 Å². The van der Waals surface area contributed by atoms with E-state index in [1.165, 1.54) is 50.6 Å². The fraction of sp³-hybridized carbons (Fsp3) is 0.667. The van der Waals surface area contributed by atoms with Gasteiger partial charge in [0.2, 0.25) is 0 Å². The summed E-state index contributed by atoms with van der Waals surface area (Å²) in [5.74, 6) is 0. The first-order valence-electron chi connectivity index (χ1n) is 10.4. The van der Waals surface area contributed by atoms with E-state index >= 15 is 0 Å². The molecule has 0 radical (unpaired) electrons. The molecule has 0 fully saturated rings. The van der Waals surface area contributed by atoms with Gasteiger partial charge in [-0.2, -0.15) is 0 Å². The molecule has 0 aromatic heterocycles. The van der Waals surface area contributed by atoms with Gasteiger partial charge in [0.25, 0.3) is 0 Å². The molecule has 0 amide bonds. The van der Waals surface area contributed by atoms with Crippen LogP contribution in [0.3, 0.4) is 0 Å². The Balaban J connectivity index is 2.71. The van der Waals surface area contributed by atoms with Crippen LogP contribution < -0.4 is 0 Å².